The quantitative estimate of drug-likeness (QED) is 0.593. The van der Waals surface area contributed by atoms with Gasteiger partial charge in [-0.25, -0.2) is 0 Å². The van der Waals surface area contributed by atoms with Crippen molar-refractivity contribution in [2.45, 2.75) is 13.0 Å². The molecule has 4 heteroatoms. The smallest absolute Gasteiger partial charge is 0.0558 e. The van der Waals surface area contributed by atoms with Crippen molar-refractivity contribution < 1.29 is 10.2 Å². The van der Waals surface area contributed by atoms with Crippen LogP contribution in [0.5, 0.6) is 0 Å². The van der Waals surface area contributed by atoms with Gasteiger partial charge in [-0.05, 0) is 6.92 Å². The van der Waals surface area contributed by atoms with Gasteiger partial charge < -0.3 is 10.2 Å². The van der Waals surface area contributed by atoms with E-state index in [0.717, 1.165) is 32.7 Å². The summed E-state index contributed by atoms with van der Waals surface area (Å²) in [5, 5.41) is 17.6. The van der Waals surface area contributed by atoms with Crippen LogP contribution in [-0.2, 0) is 0 Å². The lowest BCUT2D eigenvalue weighted by atomic mass is 10.2. The number of piperazine rings is 1. The van der Waals surface area contributed by atoms with Crippen LogP contribution in [0.2, 0.25) is 0 Å². The third kappa shape index (κ3) is 3.23. The second-order valence-corrected chi connectivity index (χ2v) is 3.63. The van der Waals surface area contributed by atoms with Crippen molar-refractivity contribution in [3.8, 4) is 0 Å². The van der Waals surface area contributed by atoms with Crippen LogP contribution in [0.4, 0.5) is 0 Å². The first-order valence-corrected chi connectivity index (χ1v) is 4.96. The fourth-order valence-corrected chi connectivity index (χ4v) is 1.88. The normalized spacial score (nSPS) is 26.5. The molecular formula is C9H20N2O2. The van der Waals surface area contributed by atoms with E-state index in [4.69, 9.17) is 10.2 Å². The Balaban J connectivity index is 2.28. The van der Waals surface area contributed by atoms with Crippen molar-refractivity contribution in [1.82, 2.24) is 9.80 Å². The fraction of sp³-hybridized carbons (Fsp3) is 1.00. The van der Waals surface area contributed by atoms with Crippen molar-refractivity contribution in [3.63, 3.8) is 0 Å². The van der Waals surface area contributed by atoms with Crippen LogP contribution in [-0.4, -0.2) is 72.0 Å². The number of nitrogens with zero attached hydrogens (tertiary/aromatic N) is 2. The first-order chi connectivity index (χ1) is 6.27. The molecule has 2 N–H and O–H groups in total. The molecule has 0 radical (unpaired) electrons. The molecule has 0 aromatic rings. The summed E-state index contributed by atoms with van der Waals surface area (Å²) >= 11 is 0. The average Bonchev–Trinajstić information content (AvgIpc) is 2.10. The van der Waals surface area contributed by atoms with Gasteiger partial charge >= 0.3 is 0 Å². The van der Waals surface area contributed by atoms with E-state index < -0.39 is 0 Å². The number of hydrogen-bond donors (Lipinski definition) is 2. The minimum absolute atomic E-state index is 0.240. The Bertz CT molecular complexity index is 144. The summed E-state index contributed by atoms with van der Waals surface area (Å²) in [4.78, 5) is 4.55. The highest BCUT2D eigenvalue weighted by Gasteiger charge is 2.22. The number of hydrogen-bond acceptors (Lipinski definition) is 4. The van der Waals surface area contributed by atoms with Crippen LogP contribution in [0, 0.1) is 0 Å². The number of β-amino-alcohol motifs (C(OH)–C–C–N with tert-alkyl or cyclic N) is 2. The summed E-state index contributed by atoms with van der Waals surface area (Å²) < 4.78 is 0. The Morgan fingerprint density at radius 3 is 2.38 bits per heavy atom. The maximum absolute atomic E-state index is 8.81. The fourth-order valence-electron chi connectivity index (χ4n) is 1.88. The Morgan fingerprint density at radius 2 is 1.85 bits per heavy atom. The molecule has 0 spiro atoms. The van der Waals surface area contributed by atoms with Crippen LogP contribution < -0.4 is 0 Å². The van der Waals surface area contributed by atoms with Gasteiger partial charge in [0.2, 0.25) is 0 Å². The van der Waals surface area contributed by atoms with E-state index >= 15 is 0 Å². The summed E-state index contributed by atoms with van der Waals surface area (Å²) in [6.07, 6.45) is 0. The lowest BCUT2D eigenvalue weighted by Gasteiger charge is -2.39. The minimum atomic E-state index is 0.240. The highest BCUT2D eigenvalue weighted by atomic mass is 16.3. The molecule has 1 atom stereocenters. The first-order valence-electron chi connectivity index (χ1n) is 4.96. The van der Waals surface area contributed by atoms with Crippen molar-refractivity contribution in [1.29, 1.82) is 0 Å². The van der Waals surface area contributed by atoms with Gasteiger partial charge in [0.05, 0.1) is 13.2 Å². The molecule has 1 heterocycles. The highest BCUT2D eigenvalue weighted by molar-refractivity contribution is 4.78. The molecule has 1 aliphatic rings. The Kier molecular flexibility index (Phi) is 4.66. The molecule has 1 rings (SSSR count). The monoisotopic (exact) mass is 188 g/mol. The Morgan fingerprint density at radius 1 is 1.15 bits per heavy atom. The van der Waals surface area contributed by atoms with Gasteiger partial charge in [0.15, 0.2) is 0 Å². The third-order valence-corrected chi connectivity index (χ3v) is 2.65. The molecule has 1 aliphatic heterocycles. The van der Waals surface area contributed by atoms with Crippen molar-refractivity contribution in [3.05, 3.63) is 0 Å². The molecule has 0 amide bonds. The van der Waals surface area contributed by atoms with E-state index in [-0.39, 0.29) is 13.2 Å². The zero-order valence-corrected chi connectivity index (χ0v) is 8.32. The van der Waals surface area contributed by atoms with Gasteiger partial charge in [-0.1, -0.05) is 0 Å². The third-order valence-electron chi connectivity index (χ3n) is 2.65. The van der Waals surface area contributed by atoms with E-state index in [9.17, 15) is 0 Å². The molecule has 0 aromatic heterocycles. The van der Waals surface area contributed by atoms with E-state index in [2.05, 4.69) is 16.7 Å². The molecular weight excluding hydrogens is 168 g/mol. The van der Waals surface area contributed by atoms with E-state index in [0.29, 0.717) is 6.04 Å². The average molecular weight is 188 g/mol. The molecule has 13 heavy (non-hydrogen) atoms. The van der Waals surface area contributed by atoms with E-state index in [1.165, 1.54) is 0 Å². The van der Waals surface area contributed by atoms with Crippen LogP contribution in [0.15, 0.2) is 0 Å². The molecule has 0 bridgehead atoms. The van der Waals surface area contributed by atoms with Crippen molar-refractivity contribution >= 4 is 0 Å². The predicted octanol–water partition coefficient (Wildman–Crippen LogP) is -1.02. The maximum atomic E-state index is 8.81. The second-order valence-electron chi connectivity index (χ2n) is 3.63. The van der Waals surface area contributed by atoms with Gasteiger partial charge in [0.25, 0.3) is 0 Å². The molecule has 0 unspecified atom stereocenters. The molecule has 0 aliphatic carbocycles. The van der Waals surface area contributed by atoms with Crippen molar-refractivity contribution in [2.75, 3.05) is 45.9 Å². The minimum Gasteiger partial charge on any atom is -0.395 e. The largest absolute Gasteiger partial charge is 0.395 e. The Hall–Kier alpha value is -0.160. The van der Waals surface area contributed by atoms with E-state index in [1.54, 1.807) is 0 Å². The summed E-state index contributed by atoms with van der Waals surface area (Å²) in [6.45, 7) is 7.20. The summed E-state index contributed by atoms with van der Waals surface area (Å²) in [5.74, 6) is 0. The lowest BCUT2D eigenvalue weighted by Crippen LogP contribution is -2.52. The SMILES string of the molecule is C[C@H]1CN(CCO)CCN1CCO. The van der Waals surface area contributed by atoms with Gasteiger partial charge in [-0.2, -0.15) is 0 Å². The zero-order valence-electron chi connectivity index (χ0n) is 8.32. The van der Waals surface area contributed by atoms with Crippen LogP contribution >= 0.6 is 0 Å². The topological polar surface area (TPSA) is 46.9 Å². The molecule has 4 nitrogen and oxygen atoms in total. The van der Waals surface area contributed by atoms with Gasteiger partial charge in [0.1, 0.15) is 0 Å². The maximum Gasteiger partial charge on any atom is 0.0558 e. The van der Waals surface area contributed by atoms with Crippen molar-refractivity contribution in [2.24, 2.45) is 0 Å². The molecule has 1 fully saturated rings. The summed E-state index contributed by atoms with van der Waals surface area (Å²) in [6, 6.07) is 0.493. The van der Waals surface area contributed by atoms with Gasteiger partial charge in [-0.3, -0.25) is 9.80 Å². The number of aliphatic hydroxyl groups excluding tert-OH is 2. The summed E-state index contributed by atoms with van der Waals surface area (Å²) in [5.41, 5.74) is 0. The molecule has 0 saturated carbocycles. The second kappa shape index (κ2) is 5.54. The lowest BCUT2D eigenvalue weighted by molar-refractivity contribution is 0.0592. The van der Waals surface area contributed by atoms with Gasteiger partial charge in [0, 0.05) is 38.8 Å². The number of rotatable bonds is 4. The molecule has 1 saturated heterocycles. The van der Waals surface area contributed by atoms with E-state index in [1.807, 2.05) is 0 Å². The Labute approximate surface area is 79.8 Å². The summed E-state index contributed by atoms with van der Waals surface area (Å²) in [7, 11) is 0. The highest BCUT2D eigenvalue weighted by Crippen LogP contribution is 2.07. The van der Waals surface area contributed by atoms with Gasteiger partial charge in [-0.15, -0.1) is 0 Å². The first kappa shape index (κ1) is 10.9. The molecule has 0 aromatic carbocycles. The standard InChI is InChI=1S/C9H20N2O2/c1-9-8-10(4-6-12)2-3-11(9)5-7-13/h9,12-13H,2-8H2,1H3/t9-/m0/s1. The zero-order chi connectivity index (χ0) is 9.68. The molecule has 78 valence electrons. The van der Waals surface area contributed by atoms with Crippen LogP contribution in [0.1, 0.15) is 6.92 Å². The van der Waals surface area contributed by atoms with Crippen LogP contribution in [0.3, 0.4) is 0 Å². The van der Waals surface area contributed by atoms with Crippen LogP contribution in [0.25, 0.3) is 0 Å². The number of aliphatic hydroxyl groups is 2. The predicted molar refractivity (Wildman–Crippen MR) is 51.6 cm³/mol.